The minimum Gasteiger partial charge on any atom is -1.00 e. The van der Waals surface area contributed by atoms with E-state index in [1.807, 2.05) is 0 Å². The second-order valence-electron chi connectivity index (χ2n) is 0.908. The van der Waals surface area contributed by atoms with Gasteiger partial charge in [-0.1, -0.05) is 0 Å². The summed E-state index contributed by atoms with van der Waals surface area (Å²) in [5, 5.41) is 0. The summed E-state index contributed by atoms with van der Waals surface area (Å²) in [5.74, 6) is 0.167. The van der Waals surface area contributed by atoms with E-state index < -0.39 is 0 Å². The van der Waals surface area contributed by atoms with Crippen molar-refractivity contribution in [3.63, 3.8) is 0 Å². The summed E-state index contributed by atoms with van der Waals surface area (Å²) in [6, 6.07) is 0. The van der Waals surface area contributed by atoms with Crippen LogP contribution in [0.5, 0.6) is 0 Å². The van der Waals surface area contributed by atoms with Crippen LogP contribution in [-0.4, -0.2) is 96.7 Å². The van der Waals surface area contributed by atoms with Gasteiger partial charge < -0.3 is 10.5 Å². The molecule has 0 aliphatic carbocycles. The molecule has 0 aromatic carbocycles. The zero-order valence-electron chi connectivity index (χ0n) is 8.32. The summed E-state index contributed by atoms with van der Waals surface area (Å²) in [5.41, 5.74) is 0. The van der Waals surface area contributed by atoms with Gasteiger partial charge in [0.15, 0.2) is 0 Å². The number of hydrogen-bond donors (Lipinski definition) is 0. The van der Waals surface area contributed by atoms with Crippen molar-refractivity contribution in [2.45, 2.75) is 13.8 Å². The molecule has 0 amide bonds. The Hall–Kier alpha value is 2.63. The Kier molecular flexibility index (Phi) is 28.0. The standard InChI is InChI=1S/C3H6O.2Sr.4H/c1-3(2)4;;;;;;/h1-2H3;;;;;;/q;2*+2;4*-1. The number of ketones is 1. The zero-order chi connectivity index (χ0) is 3.58. The van der Waals surface area contributed by atoms with Crippen LogP contribution in [0, 0.1) is 0 Å². The third kappa shape index (κ3) is 30.4. The monoisotopic (exact) mass is 238 g/mol. The van der Waals surface area contributed by atoms with Gasteiger partial charge in [0.05, 0.1) is 0 Å². The molecule has 0 unspecified atom stereocenters. The van der Waals surface area contributed by atoms with Crippen molar-refractivity contribution < 1.29 is 10.5 Å². The average Bonchev–Trinajstić information content (AvgIpc) is 0.811. The second-order valence-corrected chi connectivity index (χ2v) is 0.908. The quantitative estimate of drug-likeness (QED) is 0.553. The Bertz CT molecular complexity index is 41.5. The maximum Gasteiger partial charge on any atom is 2.00 e. The minimum atomic E-state index is 0. The maximum atomic E-state index is 9.44. The summed E-state index contributed by atoms with van der Waals surface area (Å²) >= 11 is 0. The van der Waals surface area contributed by atoms with Gasteiger partial charge >= 0.3 is 91.0 Å². The molecule has 1 nitrogen and oxygen atoms in total. The molecular weight excluding hydrogens is 227 g/mol. The van der Waals surface area contributed by atoms with E-state index in [1.165, 1.54) is 13.8 Å². The number of carbonyl (C=O) groups is 1. The van der Waals surface area contributed by atoms with Gasteiger partial charge in [-0.2, -0.15) is 0 Å². The first-order valence-electron chi connectivity index (χ1n) is 1.20. The minimum absolute atomic E-state index is 0. The average molecular weight is 237 g/mol. The zero-order valence-corrected chi connectivity index (χ0v) is 11.3. The molecule has 0 saturated heterocycles. The number of carbonyl (C=O) groups excluding carboxylic acids is 1. The largest absolute Gasteiger partial charge is 2.00 e. The van der Waals surface area contributed by atoms with E-state index in [4.69, 9.17) is 0 Å². The predicted octanol–water partition coefficient (Wildman–Crippen LogP) is 0.284. The van der Waals surface area contributed by atoms with Crippen LogP contribution >= 0.6 is 0 Å². The smallest absolute Gasteiger partial charge is 1.00 e. The Morgan fingerprint density at radius 2 is 1.33 bits per heavy atom. The molecule has 0 aliphatic heterocycles. The van der Waals surface area contributed by atoms with E-state index in [1.54, 1.807) is 0 Å². The van der Waals surface area contributed by atoms with Crippen LogP contribution in [0.1, 0.15) is 19.6 Å². The van der Waals surface area contributed by atoms with Crippen molar-refractivity contribution >= 4 is 96.7 Å². The molecule has 0 aromatic heterocycles. The van der Waals surface area contributed by atoms with Crippen molar-refractivity contribution in [3.05, 3.63) is 0 Å². The number of rotatable bonds is 0. The fourth-order valence-corrected chi connectivity index (χ4v) is 0. The van der Waals surface area contributed by atoms with Crippen LogP contribution in [0.3, 0.4) is 0 Å². The molecular formula is C3H10OSr2. The summed E-state index contributed by atoms with van der Waals surface area (Å²) < 4.78 is 0. The summed E-state index contributed by atoms with van der Waals surface area (Å²) in [7, 11) is 0. The SMILES string of the molecule is CC(C)=O.[H-].[H-].[H-].[H-].[Sr+2].[Sr+2]. The third-order valence-electron chi connectivity index (χ3n) is 0. The summed E-state index contributed by atoms with van der Waals surface area (Å²) in [6.07, 6.45) is 0. The molecule has 6 heavy (non-hydrogen) atoms. The van der Waals surface area contributed by atoms with Crippen LogP contribution in [0.4, 0.5) is 0 Å². The van der Waals surface area contributed by atoms with Gasteiger partial charge in [-0.25, -0.2) is 0 Å². The Balaban J connectivity index is -0.00000000300. The molecule has 3 heteroatoms. The van der Waals surface area contributed by atoms with Gasteiger partial charge in [0.25, 0.3) is 0 Å². The van der Waals surface area contributed by atoms with E-state index in [0.29, 0.717) is 0 Å². The first kappa shape index (κ1) is 15.9. The van der Waals surface area contributed by atoms with Gasteiger partial charge in [0, 0.05) is 0 Å². The second kappa shape index (κ2) is 10.6. The fourth-order valence-electron chi connectivity index (χ4n) is 0. The molecule has 0 bridgehead atoms. The van der Waals surface area contributed by atoms with Crippen LogP contribution < -0.4 is 0 Å². The maximum absolute atomic E-state index is 9.44. The fraction of sp³-hybridized carbons (Fsp3) is 0.667. The van der Waals surface area contributed by atoms with E-state index in [2.05, 4.69) is 0 Å². The van der Waals surface area contributed by atoms with Crippen LogP contribution in [-0.2, 0) is 4.79 Å². The van der Waals surface area contributed by atoms with Crippen molar-refractivity contribution in [2.75, 3.05) is 0 Å². The molecule has 0 rings (SSSR count). The van der Waals surface area contributed by atoms with Crippen molar-refractivity contribution in [3.8, 4) is 0 Å². The molecule has 0 heterocycles. The Morgan fingerprint density at radius 1 is 1.33 bits per heavy atom. The summed E-state index contributed by atoms with van der Waals surface area (Å²) in [6.45, 7) is 3.06. The first-order valence-corrected chi connectivity index (χ1v) is 1.20. The molecule has 32 valence electrons. The molecule has 0 aromatic rings. The van der Waals surface area contributed by atoms with Crippen LogP contribution in [0.2, 0.25) is 0 Å². The van der Waals surface area contributed by atoms with Crippen molar-refractivity contribution in [1.82, 2.24) is 0 Å². The van der Waals surface area contributed by atoms with Gasteiger partial charge in [-0.3, -0.25) is 0 Å². The van der Waals surface area contributed by atoms with Gasteiger partial charge in [0.1, 0.15) is 5.78 Å². The molecule has 0 radical (unpaired) electrons. The van der Waals surface area contributed by atoms with Crippen LogP contribution in [0.25, 0.3) is 0 Å². The van der Waals surface area contributed by atoms with Gasteiger partial charge in [-0.15, -0.1) is 0 Å². The normalized spacial score (nSPS) is 4.33. The van der Waals surface area contributed by atoms with Gasteiger partial charge in [0.2, 0.25) is 0 Å². The molecule has 0 aliphatic rings. The Labute approximate surface area is 118 Å². The van der Waals surface area contributed by atoms with Crippen molar-refractivity contribution in [2.24, 2.45) is 0 Å². The Morgan fingerprint density at radius 3 is 1.33 bits per heavy atom. The van der Waals surface area contributed by atoms with Crippen LogP contribution in [0.15, 0.2) is 0 Å². The first-order chi connectivity index (χ1) is 1.73. The molecule has 0 saturated carbocycles. The number of hydrogen-bond acceptors (Lipinski definition) is 1. The molecule has 0 fully saturated rings. The van der Waals surface area contributed by atoms with Crippen molar-refractivity contribution in [1.29, 1.82) is 0 Å². The van der Waals surface area contributed by atoms with E-state index >= 15 is 0 Å². The van der Waals surface area contributed by atoms with E-state index in [-0.39, 0.29) is 102 Å². The molecule has 0 N–H and O–H groups in total. The van der Waals surface area contributed by atoms with E-state index in [9.17, 15) is 4.79 Å². The van der Waals surface area contributed by atoms with E-state index in [0.717, 1.165) is 0 Å². The number of Topliss-reactive ketones (excluding diaryl/α,β-unsaturated/α-hetero) is 1. The predicted molar refractivity (Wildman–Crippen MR) is 32.3 cm³/mol. The van der Waals surface area contributed by atoms with Gasteiger partial charge in [-0.05, 0) is 13.8 Å². The summed E-state index contributed by atoms with van der Waals surface area (Å²) in [4.78, 5) is 9.44. The molecule has 0 atom stereocenters. The topological polar surface area (TPSA) is 17.1 Å². The third-order valence-corrected chi connectivity index (χ3v) is 0. The molecule has 0 spiro atoms.